The summed E-state index contributed by atoms with van der Waals surface area (Å²) in [6.07, 6.45) is 2.36. The van der Waals surface area contributed by atoms with E-state index in [4.69, 9.17) is 0 Å². The molecule has 1 aromatic carbocycles. The highest BCUT2D eigenvalue weighted by molar-refractivity contribution is 7.12. The monoisotopic (exact) mass is 257 g/mol. The predicted molar refractivity (Wildman–Crippen MR) is 78.3 cm³/mol. The molecule has 1 aliphatic carbocycles. The standard InChI is InChI=1S/C16H19NS/c1-11-7-15(12(2)18-11)10-17-16-8-13-5-3-4-6-14(13)9-16/h3-7,16-17H,8-10H2,1-2H3. The third-order valence-electron chi connectivity index (χ3n) is 3.78. The van der Waals surface area contributed by atoms with Crippen LogP contribution in [0.25, 0.3) is 0 Å². The lowest BCUT2D eigenvalue weighted by Crippen LogP contribution is -2.28. The quantitative estimate of drug-likeness (QED) is 0.885. The number of aryl methyl sites for hydroxylation is 2. The van der Waals surface area contributed by atoms with Crippen LogP contribution in [-0.2, 0) is 19.4 Å². The highest BCUT2D eigenvalue weighted by Gasteiger charge is 2.20. The molecule has 1 nitrogen and oxygen atoms in total. The summed E-state index contributed by atoms with van der Waals surface area (Å²) in [5.41, 5.74) is 4.51. The SMILES string of the molecule is Cc1cc(CNC2Cc3ccccc3C2)c(C)s1. The Balaban J connectivity index is 1.62. The third kappa shape index (κ3) is 2.36. The van der Waals surface area contributed by atoms with Gasteiger partial charge in [-0.2, -0.15) is 0 Å². The van der Waals surface area contributed by atoms with Gasteiger partial charge in [0.05, 0.1) is 0 Å². The Hall–Kier alpha value is -1.12. The lowest BCUT2D eigenvalue weighted by atomic mass is 10.1. The molecule has 1 aliphatic rings. The van der Waals surface area contributed by atoms with Gasteiger partial charge in [-0.05, 0) is 49.4 Å². The van der Waals surface area contributed by atoms with Gasteiger partial charge in [-0.1, -0.05) is 24.3 Å². The molecule has 2 heteroatoms. The summed E-state index contributed by atoms with van der Waals surface area (Å²) in [7, 11) is 0. The van der Waals surface area contributed by atoms with Crippen LogP contribution in [0.3, 0.4) is 0 Å². The van der Waals surface area contributed by atoms with E-state index in [1.165, 1.54) is 39.3 Å². The maximum Gasteiger partial charge on any atom is 0.0219 e. The van der Waals surface area contributed by atoms with E-state index in [1.54, 1.807) is 0 Å². The number of nitrogens with one attached hydrogen (secondary N) is 1. The van der Waals surface area contributed by atoms with E-state index in [-0.39, 0.29) is 0 Å². The lowest BCUT2D eigenvalue weighted by molar-refractivity contribution is 0.532. The zero-order chi connectivity index (χ0) is 12.5. The molecule has 1 heterocycles. The first-order valence-corrected chi connectivity index (χ1v) is 7.40. The van der Waals surface area contributed by atoms with Crippen molar-refractivity contribution in [2.45, 2.75) is 39.3 Å². The largest absolute Gasteiger partial charge is 0.309 e. The minimum Gasteiger partial charge on any atom is -0.309 e. The average molecular weight is 257 g/mol. The molecule has 2 aromatic rings. The van der Waals surface area contributed by atoms with Crippen molar-refractivity contribution in [3.05, 3.63) is 56.8 Å². The van der Waals surface area contributed by atoms with E-state index in [9.17, 15) is 0 Å². The lowest BCUT2D eigenvalue weighted by Gasteiger charge is -2.11. The molecule has 0 bridgehead atoms. The number of benzene rings is 1. The summed E-state index contributed by atoms with van der Waals surface area (Å²) in [6, 6.07) is 11.7. The zero-order valence-corrected chi connectivity index (χ0v) is 11.8. The molecule has 0 atom stereocenters. The summed E-state index contributed by atoms with van der Waals surface area (Å²) in [5.74, 6) is 0. The number of hydrogen-bond donors (Lipinski definition) is 1. The molecule has 0 saturated heterocycles. The van der Waals surface area contributed by atoms with Crippen LogP contribution in [0.4, 0.5) is 0 Å². The van der Waals surface area contributed by atoms with E-state index in [0.29, 0.717) is 6.04 Å². The van der Waals surface area contributed by atoms with Gasteiger partial charge in [0.2, 0.25) is 0 Å². The molecule has 0 fully saturated rings. The van der Waals surface area contributed by atoms with Gasteiger partial charge in [-0.15, -0.1) is 11.3 Å². The van der Waals surface area contributed by atoms with Gasteiger partial charge < -0.3 is 5.32 Å². The topological polar surface area (TPSA) is 12.0 Å². The van der Waals surface area contributed by atoms with Gasteiger partial charge in [-0.3, -0.25) is 0 Å². The van der Waals surface area contributed by atoms with Crippen LogP contribution in [0.1, 0.15) is 26.4 Å². The summed E-state index contributed by atoms with van der Waals surface area (Å²) >= 11 is 1.90. The molecule has 0 spiro atoms. The zero-order valence-electron chi connectivity index (χ0n) is 11.0. The third-order valence-corrected chi connectivity index (χ3v) is 4.78. The van der Waals surface area contributed by atoms with Crippen LogP contribution in [-0.4, -0.2) is 6.04 Å². The average Bonchev–Trinajstić information content (AvgIpc) is 2.89. The fraction of sp³-hybridized carbons (Fsp3) is 0.375. The first-order chi connectivity index (χ1) is 8.72. The molecule has 0 saturated carbocycles. The van der Waals surface area contributed by atoms with E-state index >= 15 is 0 Å². The molecule has 3 rings (SSSR count). The molecular formula is C16H19NS. The second kappa shape index (κ2) is 4.87. The van der Waals surface area contributed by atoms with Gasteiger partial charge in [0, 0.05) is 22.3 Å². The Bertz CT molecular complexity index is 531. The van der Waals surface area contributed by atoms with E-state index in [0.717, 1.165) is 6.54 Å². The Morgan fingerprint density at radius 2 is 1.83 bits per heavy atom. The van der Waals surface area contributed by atoms with Gasteiger partial charge in [0.1, 0.15) is 0 Å². The molecule has 0 radical (unpaired) electrons. The Labute approximate surface area is 113 Å². The predicted octanol–water partition coefficient (Wildman–Crippen LogP) is 3.62. The minimum atomic E-state index is 0.613. The Kier molecular flexibility index (Phi) is 3.23. The number of rotatable bonds is 3. The smallest absolute Gasteiger partial charge is 0.0219 e. The van der Waals surface area contributed by atoms with Crippen molar-refractivity contribution in [1.29, 1.82) is 0 Å². The van der Waals surface area contributed by atoms with Crippen LogP contribution in [0, 0.1) is 13.8 Å². The molecule has 1 N–H and O–H groups in total. The van der Waals surface area contributed by atoms with E-state index < -0.39 is 0 Å². The number of fused-ring (bicyclic) bond motifs is 1. The molecule has 94 valence electrons. The van der Waals surface area contributed by atoms with E-state index in [2.05, 4.69) is 49.5 Å². The molecule has 0 amide bonds. The molecule has 0 aliphatic heterocycles. The number of hydrogen-bond acceptors (Lipinski definition) is 2. The second-order valence-electron chi connectivity index (χ2n) is 5.19. The Morgan fingerprint density at radius 1 is 1.17 bits per heavy atom. The molecule has 18 heavy (non-hydrogen) atoms. The summed E-state index contributed by atoms with van der Waals surface area (Å²) in [4.78, 5) is 2.87. The summed E-state index contributed by atoms with van der Waals surface area (Å²) in [5, 5.41) is 3.71. The maximum atomic E-state index is 3.71. The second-order valence-corrected chi connectivity index (χ2v) is 6.65. The van der Waals surface area contributed by atoms with Gasteiger partial charge in [0.25, 0.3) is 0 Å². The van der Waals surface area contributed by atoms with Gasteiger partial charge in [-0.25, -0.2) is 0 Å². The molecule has 0 unspecified atom stereocenters. The maximum absolute atomic E-state index is 3.71. The first kappa shape index (κ1) is 11.9. The van der Waals surface area contributed by atoms with Crippen molar-refractivity contribution in [3.8, 4) is 0 Å². The summed E-state index contributed by atoms with van der Waals surface area (Å²) < 4.78 is 0. The Morgan fingerprint density at radius 3 is 2.39 bits per heavy atom. The van der Waals surface area contributed by atoms with Crippen molar-refractivity contribution >= 4 is 11.3 Å². The van der Waals surface area contributed by atoms with Crippen LogP contribution < -0.4 is 5.32 Å². The number of thiophene rings is 1. The van der Waals surface area contributed by atoms with Crippen LogP contribution >= 0.6 is 11.3 Å². The molecular weight excluding hydrogens is 238 g/mol. The van der Waals surface area contributed by atoms with Crippen molar-refractivity contribution in [3.63, 3.8) is 0 Å². The highest BCUT2D eigenvalue weighted by Crippen LogP contribution is 2.24. The van der Waals surface area contributed by atoms with Gasteiger partial charge in [0.15, 0.2) is 0 Å². The van der Waals surface area contributed by atoms with Crippen molar-refractivity contribution in [2.75, 3.05) is 0 Å². The van der Waals surface area contributed by atoms with Crippen molar-refractivity contribution in [1.82, 2.24) is 5.32 Å². The highest BCUT2D eigenvalue weighted by atomic mass is 32.1. The first-order valence-electron chi connectivity index (χ1n) is 6.58. The minimum absolute atomic E-state index is 0.613. The van der Waals surface area contributed by atoms with Crippen LogP contribution in [0.15, 0.2) is 30.3 Å². The fourth-order valence-corrected chi connectivity index (χ4v) is 3.76. The van der Waals surface area contributed by atoms with Crippen LogP contribution in [0.5, 0.6) is 0 Å². The van der Waals surface area contributed by atoms with Crippen molar-refractivity contribution in [2.24, 2.45) is 0 Å². The van der Waals surface area contributed by atoms with Gasteiger partial charge >= 0.3 is 0 Å². The fourth-order valence-electron chi connectivity index (χ4n) is 2.82. The normalized spacial score (nSPS) is 15.0. The van der Waals surface area contributed by atoms with Crippen LogP contribution in [0.2, 0.25) is 0 Å². The summed E-state index contributed by atoms with van der Waals surface area (Å²) in [6.45, 7) is 5.42. The van der Waals surface area contributed by atoms with Crippen molar-refractivity contribution < 1.29 is 0 Å². The molecule has 1 aromatic heterocycles. The van der Waals surface area contributed by atoms with E-state index in [1.807, 2.05) is 11.3 Å².